The van der Waals surface area contributed by atoms with E-state index in [9.17, 15) is 75.1 Å². The second-order valence-corrected chi connectivity index (χ2v) is 39.9. The number of H-pyrrole nitrogens is 1. The molecule has 0 saturated heterocycles. The molecular weight excluding hydrogens is 1860 g/mol. The van der Waals surface area contributed by atoms with Crippen molar-refractivity contribution in [2.75, 3.05) is 21.3 Å². The van der Waals surface area contributed by atoms with E-state index in [2.05, 4.69) is 98.5 Å². The number of pyridine rings is 2. The summed E-state index contributed by atoms with van der Waals surface area (Å²) in [5.41, 5.74) is 10.4. The van der Waals surface area contributed by atoms with E-state index in [0.29, 0.717) is 224 Å². The molecule has 0 radical (unpaired) electrons. The van der Waals surface area contributed by atoms with Crippen LogP contribution in [0.4, 0.5) is 40.3 Å². The summed E-state index contributed by atoms with van der Waals surface area (Å²) < 4.78 is 69.1. The third-order valence-electron chi connectivity index (χ3n) is 28.3. The number of benzene rings is 2. The van der Waals surface area contributed by atoms with E-state index in [0.717, 1.165) is 49.6 Å². The molecule has 14 heterocycles. The molecule has 0 bridgehead atoms. The van der Waals surface area contributed by atoms with Gasteiger partial charge in [-0.15, -0.1) is 53.3 Å². The van der Waals surface area contributed by atoms with Gasteiger partial charge in [-0.05, 0) is 252 Å². The Morgan fingerprint density at radius 3 is 1.37 bits per heavy atom. The maximum atomic E-state index is 14.7. The highest BCUT2D eigenvalue weighted by Gasteiger charge is 2.58. The molecule has 43 heteroatoms. The number of aryl methyl sites for hydroxylation is 3. The molecule has 2 unspecified atom stereocenters. The zero-order valence-electron chi connectivity index (χ0n) is 76.5. The van der Waals surface area contributed by atoms with Crippen LogP contribution in [-0.4, -0.2) is 145 Å². The SMILES string of the molecule is Cc1c(C(=O)C(=O)NC2(c3cn[nH]n3)CC2)c2n(c1C(=O)Nc1ccnc(C(C)F)c1F)[C@@H]1C[C@@H]1C2.Cc1c(C(=O)C(=O)NC2(c3nncs3)CC2)c2n(c1C(=O)Nc1ccnc(C(C)F)c1)[C@@H]1C[C@@H]1C2.Cc1ccc(NC(=O)c2c(C)c(C(=O)C(=O)NC3(c4nncs4)CC3)c3n2[C@@H]2C[C@@H]2C3)cc1F.Cc1nnc(C2(NC(=O)C(=O)c3c(C)c(C(=O)Nc4ccc(C)c(Cl)c4)n4c3CCC4)CC2)o1. The normalized spacial score (nSPS) is 19.9. The van der Waals surface area contributed by atoms with E-state index in [1.807, 2.05) is 26.7 Å². The Kier molecular flexibility index (Phi) is 23.3. The molecule has 7 fully saturated rings. The number of carbonyl (C=O) groups excluding carboxylic acids is 12. The maximum Gasteiger partial charge on any atom is 0.293 e. The van der Waals surface area contributed by atoms with Crippen molar-refractivity contribution in [3.63, 3.8) is 0 Å². The molecule has 4 aliphatic heterocycles. The zero-order chi connectivity index (χ0) is 97.8. The van der Waals surface area contributed by atoms with Gasteiger partial charge in [0.15, 0.2) is 5.82 Å². The zero-order valence-corrected chi connectivity index (χ0v) is 78.9. The monoisotopic (exact) mass is 1950 g/mol. The number of Topliss-reactive ketones (excluding diaryl/α,β-unsaturated/α-hetero) is 4. The molecule has 7 saturated carbocycles. The summed E-state index contributed by atoms with van der Waals surface area (Å²) in [5, 5.41) is 58.2. The van der Waals surface area contributed by atoms with E-state index in [-0.39, 0.29) is 46.7 Å². The first-order valence-corrected chi connectivity index (χ1v) is 47.9. The van der Waals surface area contributed by atoms with Gasteiger partial charge < -0.3 is 65.2 Å². The number of carbonyl (C=O) groups is 12. The van der Waals surface area contributed by atoms with Gasteiger partial charge in [-0.25, -0.2) is 17.6 Å². The predicted octanol–water partition coefficient (Wildman–Crippen LogP) is 13.4. The van der Waals surface area contributed by atoms with E-state index in [1.165, 1.54) is 66.4 Å². The Hall–Kier alpha value is -14.3. The van der Waals surface area contributed by atoms with Gasteiger partial charge in [0.1, 0.15) is 78.9 Å². The maximum absolute atomic E-state index is 14.7. The van der Waals surface area contributed by atoms with Crippen molar-refractivity contribution in [1.82, 2.24) is 95.5 Å². The van der Waals surface area contributed by atoms with Crippen molar-refractivity contribution in [2.45, 2.75) is 224 Å². The average molecular weight is 1950 g/mol. The number of aromatic amines is 1. The van der Waals surface area contributed by atoms with E-state index in [4.69, 9.17) is 16.0 Å². The summed E-state index contributed by atoms with van der Waals surface area (Å²) in [6, 6.07) is 14.5. The van der Waals surface area contributed by atoms with E-state index >= 15 is 0 Å². The topological polar surface area (TPSA) is 479 Å². The highest BCUT2D eigenvalue weighted by Crippen LogP contribution is 2.58. The first kappa shape index (κ1) is 92.4. The van der Waals surface area contributed by atoms with Gasteiger partial charge >= 0.3 is 0 Å². The van der Waals surface area contributed by atoms with Crippen LogP contribution in [0.25, 0.3) is 0 Å². The fourth-order valence-corrected chi connectivity index (χ4v) is 21.9. The summed E-state index contributed by atoms with van der Waals surface area (Å²) in [6.45, 7) is 15.1. The van der Waals surface area contributed by atoms with Crippen LogP contribution in [0.5, 0.6) is 0 Å². The van der Waals surface area contributed by atoms with Crippen LogP contribution in [0.1, 0.15) is 300 Å². The quantitative estimate of drug-likeness (QED) is 0.0138. The van der Waals surface area contributed by atoms with Crippen LogP contribution in [0.15, 0.2) is 88.6 Å². The number of nitrogens with zero attached hydrogens (tertiary/aromatic N) is 14. The van der Waals surface area contributed by atoms with Crippen molar-refractivity contribution >= 4 is 127 Å². The van der Waals surface area contributed by atoms with Crippen LogP contribution >= 0.6 is 34.3 Å². The minimum absolute atomic E-state index is 0.0534. The van der Waals surface area contributed by atoms with Crippen molar-refractivity contribution in [3.8, 4) is 0 Å². The lowest BCUT2D eigenvalue weighted by Crippen LogP contribution is -2.40. The highest BCUT2D eigenvalue weighted by molar-refractivity contribution is 7.09. The third-order valence-corrected chi connectivity index (χ3v) is 30.5. The van der Waals surface area contributed by atoms with Gasteiger partial charge in [0.2, 0.25) is 11.8 Å². The molecule has 716 valence electrons. The number of fused-ring (bicyclic) bond motifs is 10. The smallest absolute Gasteiger partial charge is 0.293 e. The van der Waals surface area contributed by atoms with E-state index in [1.54, 1.807) is 87.5 Å². The van der Waals surface area contributed by atoms with Gasteiger partial charge in [-0.1, -0.05) is 23.7 Å². The first-order valence-electron chi connectivity index (χ1n) is 45.8. The fourth-order valence-electron chi connectivity index (χ4n) is 20.1. The Bertz CT molecular complexity index is 7220. The Balaban J connectivity index is 0.000000114. The van der Waals surface area contributed by atoms with Gasteiger partial charge in [0.25, 0.3) is 70.4 Å². The van der Waals surface area contributed by atoms with Gasteiger partial charge in [0.05, 0.1) is 56.4 Å². The largest absolute Gasteiger partial charge is 0.423 e. The van der Waals surface area contributed by atoms with Crippen LogP contribution < -0.4 is 42.5 Å². The molecule has 36 nitrogen and oxygen atoms in total. The number of ketones is 4. The van der Waals surface area contributed by atoms with E-state index < -0.39 is 116 Å². The lowest BCUT2D eigenvalue weighted by atomic mass is 10.0. The lowest BCUT2D eigenvalue weighted by molar-refractivity contribution is -0.118. The minimum atomic E-state index is -1.65. The molecule has 8 atom stereocenters. The molecule has 2 aromatic carbocycles. The van der Waals surface area contributed by atoms with Crippen LogP contribution in [-0.2, 0) is 73.6 Å². The van der Waals surface area contributed by atoms with Crippen molar-refractivity contribution in [1.29, 1.82) is 0 Å². The summed E-state index contributed by atoms with van der Waals surface area (Å²) in [5.74, 6) is -6.98. The predicted molar refractivity (Wildman–Crippen MR) is 493 cm³/mol. The number of amides is 8. The summed E-state index contributed by atoms with van der Waals surface area (Å²) >= 11 is 8.89. The molecule has 0 spiro atoms. The molecule has 11 aliphatic rings. The number of aromatic nitrogens is 15. The van der Waals surface area contributed by atoms with Gasteiger partial charge in [-0.2, -0.15) is 15.4 Å². The van der Waals surface area contributed by atoms with Crippen molar-refractivity contribution < 1.29 is 79.5 Å². The second-order valence-electron chi connectivity index (χ2n) is 37.8. The average Bonchev–Trinajstić information content (AvgIpc) is 1.54. The minimum Gasteiger partial charge on any atom is -0.423 e. The molecule has 8 amide bonds. The number of anilines is 4. The van der Waals surface area contributed by atoms with Gasteiger partial charge in [-0.3, -0.25) is 67.5 Å². The molecule has 7 aliphatic carbocycles. The molecule has 10 aromatic heterocycles. The number of hydrogen-bond acceptors (Lipinski definition) is 25. The van der Waals surface area contributed by atoms with Crippen LogP contribution in [0, 0.1) is 77.9 Å². The molecule has 12 aromatic rings. The number of halogens is 5. The van der Waals surface area contributed by atoms with Crippen molar-refractivity contribution in [2.24, 2.45) is 17.8 Å². The Morgan fingerprint density at radius 2 is 0.935 bits per heavy atom. The van der Waals surface area contributed by atoms with Crippen LogP contribution in [0.3, 0.4) is 0 Å². The van der Waals surface area contributed by atoms with Crippen LogP contribution in [0.2, 0.25) is 5.02 Å². The molecule has 139 heavy (non-hydrogen) atoms. The lowest BCUT2D eigenvalue weighted by Gasteiger charge is -2.14. The van der Waals surface area contributed by atoms with Crippen molar-refractivity contribution in [3.05, 3.63) is 241 Å². The highest BCUT2D eigenvalue weighted by atomic mass is 35.5. The number of hydrogen-bond donors (Lipinski definition) is 9. The second kappa shape index (κ2) is 35.0. The fraction of sp³-hybridized carbons (Fsp3) is 0.396. The standard InChI is InChI=1S/C24H24ClN5O4.C24H23F2N7O3.C24H23FN6O3S.C24H22FN5O3S/c1-12-6-7-15(11-16(12)25)26-21(32)19-13(2)18(17-5-4-10-30(17)19)20(31)22(33)27-24(8-9-24)23-29-28-14(3)34-23;1-10-17(21(34)23(36)30-24(4-5-24)16-9-28-32-31-16)15-8-12-7-14(12)33(15)20(10)22(35)29-13-3-6-27-19(11(2)25)18(13)26;1-11-18(20(32)22(34)29-24(4-5-24)23-30-27-10-35-23)17-8-13-7-16(13)31(17)19(11)21(33)28-14-3-6-26-15(9-14)12(2)25;1-11-3-4-14(9-15(11)25)27-21(32)19-12(2)18(17-8-13-7-16(13)30(17)19)20(31)22(33)28-24(5-6-24)23-29-26-10-34-23/h6-7,11H,4-5,8-10H2,1-3H3,(H,26,32)(H,27,33);3,6,9,11-12,14H,4-5,7-8H2,1-2H3,(H,30,36)(H,27,29,35)(H,28,31,32);3,6,9-10,12-13,16H,4-5,7-8H2,1-2H3,(H,29,34)(H,26,28,33);3-4,9-10,13,16H,5-8H2,1-2H3,(H,27,32)(H,28,33)/t;11?,12-,14-;12?,13-,16-;13-,16-/m.111/s1. The first-order chi connectivity index (χ1) is 66.5. The number of alkyl halides is 2. The Labute approximate surface area is 802 Å². The summed E-state index contributed by atoms with van der Waals surface area (Å²) in [7, 11) is 0. The summed E-state index contributed by atoms with van der Waals surface area (Å²) in [4.78, 5) is 166. The molecular formula is C96H92ClF4N23O13S2. The van der Waals surface area contributed by atoms with Gasteiger partial charge in [0, 0.05) is 88.8 Å². The number of rotatable bonds is 26. The summed E-state index contributed by atoms with van der Waals surface area (Å²) in [6.07, 6.45) is 12.7. The molecule has 23 rings (SSSR count). The Morgan fingerprint density at radius 1 is 0.496 bits per heavy atom. The molecule has 9 N–H and O–H groups in total. The third kappa shape index (κ3) is 16.9. The number of nitrogens with one attached hydrogen (secondary N) is 9.